The Morgan fingerprint density at radius 2 is 1.63 bits per heavy atom. The maximum Gasteiger partial charge on any atom is 0.411 e. The van der Waals surface area contributed by atoms with Gasteiger partial charge in [0.05, 0.1) is 12.6 Å². The molecular formula is C29H30N4O5. The average Bonchev–Trinajstić information content (AvgIpc) is 3.47. The summed E-state index contributed by atoms with van der Waals surface area (Å²) < 4.78 is 24.6. The van der Waals surface area contributed by atoms with E-state index in [1.165, 1.54) is 0 Å². The summed E-state index contributed by atoms with van der Waals surface area (Å²) in [6.45, 7) is 2.51. The van der Waals surface area contributed by atoms with Crippen molar-refractivity contribution in [3.63, 3.8) is 0 Å². The van der Waals surface area contributed by atoms with Crippen LogP contribution in [0.4, 0.5) is 4.79 Å². The average molecular weight is 515 g/mol. The summed E-state index contributed by atoms with van der Waals surface area (Å²) in [6, 6.07) is 28.1. The first-order valence-corrected chi connectivity index (χ1v) is 12.7. The number of hydrogen-bond donors (Lipinski definition) is 0. The van der Waals surface area contributed by atoms with Crippen LogP contribution in [-0.2, 0) is 25.6 Å². The topological polar surface area (TPSA) is 106 Å². The van der Waals surface area contributed by atoms with Gasteiger partial charge < -0.3 is 18.9 Å². The quantitative estimate of drug-likeness (QED) is 0.179. The van der Waals surface area contributed by atoms with Gasteiger partial charge in [-0.2, -0.15) is 0 Å². The molecule has 5 atom stereocenters. The molecule has 2 aliphatic heterocycles. The highest BCUT2D eigenvalue weighted by atomic mass is 16.7. The molecule has 5 rings (SSSR count). The van der Waals surface area contributed by atoms with E-state index in [4.69, 9.17) is 18.9 Å². The van der Waals surface area contributed by atoms with E-state index in [2.05, 4.69) is 10.0 Å². The minimum absolute atomic E-state index is 0.0269. The Kier molecular flexibility index (Phi) is 7.91. The summed E-state index contributed by atoms with van der Waals surface area (Å²) in [5.74, 6) is -1.36. The van der Waals surface area contributed by atoms with Gasteiger partial charge in [0, 0.05) is 17.9 Å². The molecule has 0 spiro atoms. The Morgan fingerprint density at radius 1 is 1.00 bits per heavy atom. The molecule has 2 heterocycles. The maximum atomic E-state index is 13.6. The molecule has 0 radical (unpaired) electrons. The molecule has 196 valence electrons. The lowest BCUT2D eigenvalue weighted by atomic mass is 9.92. The van der Waals surface area contributed by atoms with Crippen molar-refractivity contribution < 1.29 is 23.7 Å². The molecule has 0 N–H and O–H groups in total. The van der Waals surface area contributed by atoms with Crippen molar-refractivity contribution in [3.05, 3.63) is 118 Å². The van der Waals surface area contributed by atoms with Crippen molar-refractivity contribution in [2.45, 2.75) is 50.2 Å². The highest BCUT2D eigenvalue weighted by molar-refractivity contribution is 5.72. The molecular weight excluding hydrogens is 484 g/mol. The SMILES string of the molecule is CCO[C@]1(COCc2ccccc2)OC(N=[N+]=[N-])C[C@H]1N1C(=O)O[C@@H](c2ccccc2)[C@H]1c1ccccc1. The van der Waals surface area contributed by atoms with Crippen LogP contribution in [0.25, 0.3) is 10.4 Å². The van der Waals surface area contributed by atoms with Crippen molar-refractivity contribution in [2.75, 3.05) is 13.2 Å². The lowest BCUT2D eigenvalue weighted by Gasteiger charge is -2.40. The zero-order valence-corrected chi connectivity index (χ0v) is 21.1. The van der Waals surface area contributed by atoms with Crippen LogP contribution in [0.15, 0.2) is 96.1 Å². The maximum absolute atomic E-state index is 13.6. The van der Waals surface area contributed by atoms with Gasteiger partial charge in [0.2, 0.25) is 5.79 Å². The van der Waals surface area contributed by atoms with Gasteiger partial charge in [-0.1, -0.05) is 96.1 Å². The van der Waals surface area contributed by atoms with Crippen molar-refractivity contribution in [1.82, 2.24) is 4.90 Å². The highest BCUT2D eigenvalue weighted by Gasteiger charge is 2.59. The molecule has 0 bridgehead atoms. The smallest absolute Gasteiger partial charge is 0.411 e. The van der Waals surface area contributed by atoms with Gasteiger partial charge in [0.1, 0.15) is 18.9 Å². The van der Waals surface area contributed by atoms with Gasteiger partial charge >= 0.3 is 6.09 Å². The lowest BCUT2D eigenvalue weighted by molar-refractivity contribution is -0.267. The monoisotopic (exact) mass is 514 g/mol. The zero-order valence-electron chi connectivity index (χ0n) is 21.1. The summed E-state index contributed by atoms with van der Waals surface area (Å²) in [5, 5.41) is 3.83. The number of carbonyl (C=O) groups excluding carboxylic acids is 1. The van der Waals surface area contributed by atoms with E-state index in [-0.39, 0.29) is 13.0 Å². The molecule has 2 aliphatic rings. The summed E-state index contributed by atoms with van der Waals surface area (Å²) in [7, 11) is 0. The van der Waals surface area contributed by atoms with Crippen LogP contribution in [-0.4, -0.2) is 42.3 Å². The number of benzene rings is 3. The van der Waals surface area contributed by atoms with E-state index < -0.39 is 36.3 Å². The molecule has 1 unspecified atom stereocenters. The van der Waals surface area contributed by atoms with E-state index >= 15 is 0 Å². The second-order valence-electron chi connectivity index (χ2n) is 9.23. The number of azide groups is 1. The number of rotatable bonds is 10. The van der Waals surface area contributed by atoms with Gasteiger partial charge in [-0.05, 0) is 29.1 Å². The number of ether oxygens (including phenoxy) is 4. The Hall–Kier alpha value is -3.88. The van der Waals surface area contributed by atoms with E-state index in [1.54, 1.807) is 4.90 Å². The van der Waals surface area contributed by atoms with Crippen LogP contribution >= 0.6 is 0 Å². The third-order valence-electron chi connectivity index (χ3n) is 6.88. The number of cyclic esters (lactones) is 1. The van der Waals surface area contributed by atoms with E-state index in [1.807, 2.05) is 97.9 Å². The minimum Gasteiger partial charge on any atom is -0.439 e. The van der Waals surface area contributed by atoms with Gasteiger partial charge in [0.25, 0.3) is 0 Å². The predicted molar refractivity (Wildman–Crippen MR) is 140 cm³/mol. The van der Waals surface area contributed by atoms with Crippen molar-refractivity contribution >= 4 is 6.09 Å². The Labute approximate surface area is 221 Å². The van der Waals surface area contributed by atoms with Crippen LogP contribution in [0, 0.1) is 0 Å². The third kappa shape index (κ3) is 5.23. The van der Waals surface area contributed by atoms with E-state index in [9.17, 15) is 10.3 Å². The van der Waals surface area contributed by atoms with Crippen LogP contribution in [0.5, 0.6) is 0 Å². The molecule has 38 heavy (non-hydrogen) atoms. The number of carbonyl (C=O) groups is 1. The van der Waals surface area contributed by atoms with Crippen molar-refractivity contribution in [1.29, 1.82) is 0 Å². The molecule has 0 aromatic heterocycles. The first-order valence-electron chi connectivity index (χ1n) is 12.7. The fraction of sp³-hybridized carbons (Fsp3) is 0.345. The normalized spacial score (nSPS) is 26.7. The van der Waals surface area contributed by atoms with Gasteiger partial charge in [-0.3, -0.25) is 4.90 Å². The van der Waals surface area contributed by atoms with Crippen molar-refractivity contribution in [2.24, 2.45) is 5.11 Å². The molecule has 2 fully saturated rings. The summed E-state index contributed by atoms with van der Waals surface area (Å²) in [6.07, 6.45) is -1.64. The molecule has 9 heteroatoms. The molecule has 0 aliphatic carbocycles. The number of nitrogens with zero attached hydrogens (tertiary/aromatic N) is 4. The van der Waals surface area contributed by atoms with Gasteiger partial charge in [-0.15, -0.1) is 0 Å². The second-order valence-corrected chi connectivity index (χ2v) is 9.23. The molecule has 1 amide bonds. The van der Waals surface area contributed by atoms with Crippen LogP contribution in [0.1, 0.15) is 42.2 Å². The number of hydrogen-bond acceptors (Lipinski definition) is 6. The molecule has 2 saturated heterocycles. The summed E-state index contributed by atoms with van der Waals surface area (Å²) >= 11 is 0. The van der Waals surface area contributed by atoms with E-state index in [0.29, 0.717) is 13.2 Å². The fourth-order valence-electron chi connectivity index (χ4n) is 5.31. The first-order chi connectivity index (χ1) is 18.6. The summed E-state index contributed by atoms with van der Waals surface area (Å²) in [4.78, 5) is 18.3. The largest absolute Gasteiger partial charge is 0.439 e. The first kappa shape index (κ1) is 25.8. The van der Waals surface area contributed by atoms with Gasteiger partial charge in [-0.25, -0.2) is 4.79 Å². The fourth-order valence-corrected chi connectivity index (χ4v) is 5.31. The number of amides is 1. The Bertz CT molecular complexity index is 1260. The van der Waals surface area contributed by atoms with Crippen LogP contribution < -0.4 is 0 Å². The predicted octanol–water partition coefficient (Wildman–Crippen LogP) is 6.30. The standard InChI is InChI=1S/C29H30N4O5/c1-2-36-29(20-35-19-21-12-6-3-7-13-21)24(18-25(38-29)31-32-30)33-26(22-14-8-4-9-15-22)27(37-28(33)34)23-16-10-5-11-17-23/h3-17,24-27H,2,18-20H2,1H3/t24-,25?,26-,27+,29-/m1/s1. The molecule has 3 aromatic carbocycles. The second kappa shape index (κ2) is 11.7. The van der Waals surface area contributed by atoms with Gasteiger partial charge in [0.15, 0.2) is 6.10 Å². The molecule has 9 nitrogen and oxygen atoms in total. The zero-order chi connectivity index (χ0) is 26.4. The minimum atomic E-state index is -1.36. The van der Waals surface area contributed by atoms with E-state index in [0.717, 1.165) is 16.7 Å². The van der Waals surface area contributed by atoms with Crippen molar-refractivity contribution in [3.8, 4) is 0 Å². The Morgan fingerprint density at radius 3 is 2.26 bits per heavy atom. The Balaban J connectivity index is 1.52. The molecule has 3 aromatic rings. The molecule has 0 saturated carbocycles. The van der Waals surface area contributed by atoms with Crippen LogP contribution in [0.3, 0.4) is 0 Å². The summed E-state index contributed by atoms with van der Waals surface area (Å²) in [5.41, 5.74) is 12.0. The van der Waals surface area contributed by atoms with Crippen LogP contribution in [0.2, 0.25) is 0 Å². The lowest BCUT2D eigenvalue weighted by Crippen LogP contribution is -2.55. The third-order valence-corrected chi connectivity index (χ3v) is 6.88. The highest BCUT2D eigenvalue weighted by Crippen LogP contribution is 2.49.